The van der Waals surface area contributed by atoms with Crippen molar-refractivity contribution in [2.24, 2.45) is 0 Å². The summed E-state index contributed by atoms with van der Waals surface area (Å²) in [4.78, 5) is 14.3. The minimum Gasteiger partial charge on any atom is -0.323 e. The van der Waals surface area contributed by atoms with Gasteiger partial charge in [0.15, 0.2) is 0 Å². The Balaban J connectivity index is 2.04. The van der Waals surface area contributed by atoms with E-state index >= 15 is 0 Å². The van der Waals surface area contributed by atoms with Gasteiger partial charge in [-0.15, -0.1) is 11.8 Å². The van der Waals surface area contributed by atoms with Gasteiger partial charge in [-0.1, -0.05) is 43.7 Å². The summed E-state index contributed by atoms with van der Waals surface area (Å²) in [6.07, 6.45) is 2.20. The molecule has 20 heavy (non-hydrogen) atoms. The van der Waals surface area contributed by atoms with Gasteiger partial charge in [-0.25, -0.2) is 0 Å². The van der Waals surface area contributed by atoms with Crippen molar-refractivity contribution in [2.45, 2.75) is 44.7 Å². The molecule has 0 unspecified atom stereocenters. The molecular formula is C17H23NOS. The van der Waals surface area contributed by atoms with E-state index in [0.29, 0.717) is 0 Å². The van der Waals surface area contributed by atoms with Crippen LogP contribution in [0.15, 0.2) is 41.5 Å². The number of rotatable bonds is 6. The standard InChI is InChI=1S/C17H23NOS/c1-4-5-11-18-16(19)13(2)14(3)17(18)20-12-15-9-7-6-8-10-15/h6-10,17H,4-5,11-12H2,1-3H3/t17-/m0/s1. The summed E-state index contributed by atoms with van der Waals surface area (Å²) in [5.74, 6) is 1.17. The minimum atomic E-state index is 0.217. The second kappa shape index (κ2) is 6.98. The van der Waals surface area contributed by atoms with Gasteiger partial charge in [0.1, 0.15) is 5.37 Å². The highest BCUT2D eigenvalue weighted by molar-refractivity contribution is 7.99. The van der Waals surface area contributed by atoms with Crippen LogP contribution < -0.4 is 0 Å². The van der Waals surface area contributed by atoms with Crippen molar-refractivity contribution in [3.63, 3.8) is 0 Å². The van der Waals surface area contributed by atoms with Crippen molar-refractivity contribution < 1.29 is 4.79 Å². The molecular weight excluding hydrogens is 266 g/mol. The van der Waals surface area contributed by atoms with Crippen LogP contribution in [-0.4, -0.2) is 22.7 Å². The normalized spacial score (nSPS) is 19.1. The van der Waals surface area contributed by atoms with Gasteiger partial charge in [0, 0.05) is 17.9 Å². The van der Waals surface area contributed by atoms with Crippen LogP contribution in [-0.2, 0) is 10.5 Å². The Morgan fingerprint density at radius 3 is 2.55 bits per heavy atom. The van der Waals surface area contributed by atoms with Crippen LogP contribution in [0.25, 0.3) is 0 Å². The maximum absolute atomic E-state index is 12.3. The summed E-state index contributed by atoms with van der Waals surface area (Å²) in [5.41, 5.74) is 3.48. The van der Waals surface area contributed by atoms with E-state index in [1.807, 2.05) is 29.7 Å². The maximum atomic E-state index is 12.3. The van der Waals surface area contributed by atoms with Gasteiger partial charge in [-0.2, -0.15) is 0 Å². The number of unbranched alkanes of at least 4 members (excludes halogenated alkanes) is 1. The number of hydrogen-bond donors (Lipinski definition) is 0. The van der Waals surface area contributed by atoms with Crippen molar-refractivity contribution >= 4 is 17.7 Å². The SMILES string of the molecule is CCCCN1C(=O)C(C)=C(C)[C@@H]1SCc1ccccc1. The lowest BCUT2D eigenvalue weighted by molar-refractivity contribution is -0.125. The lowest BCUT2D eigenvalue weighted by Gasteiger charge is -2.26. The van der Waals surface area contributed by atoms with E-state index in [1.54, 1.807) is 0 Å². The van der Waals surface area contributed by atoms with E-state index in [4.69, 9.17) is 0 Å². The van der Waals surface area contributed by atoms with Crippen molar-refractivity contribution in [1.29, 1.82) is 0 Å². The van der Waals surface area contributed by atoms with Crippen LogP contribution in [0.3, 0.4) is 0 Å². The average Bonchev–Trinajstić information content (AvgIpc) is 2.68. The second-order valence-corrected chi connectivity index (χ2v) is 6.38. The number of thioether (sulfide) groups is 1. The molecule has 0 saturated heterocycles. The molecule has 1 atom stereocenters. The molecule has 1 aromatic rings. The van der Waals surface area contributed by atoms with Gasteiger partial charge >= 0.3 is 0 Å². The third-order valence-corrected chi connectivity index (χ3v) is 5.25. The summed E-state index contributed by atoms with van der Waals surface area (Å²) in [6.45, 7) is 7.10. The summed E-state index contributed by atoms with van der Waals surface area (Å²) in [6, 6.07) is 10.5. The number of carbonyl (C=O) groups excluding carboxylic acids is 1. The molecule has 1 aliphatic rings. The van der Waals surface area contributed by atoms with Crippen LogP contribution in [0.5, 0.6) is 0 Å². The summed E-state index contributed by atoms with van der Waals surface area (Å²) in [5, 5.41) is 0.217. The zero-order valence-corrected chi connectivity index (χ0v) is 13.4. The number of nitrogens with zero attached hydrogens (tertiary/aromatic N) is 1. The lowest BCUT2D eigenvalue weighted by atomic mass is 10.2. The smallest absolute Gasteiger partial charge is 0.250 e. The highest BCUT2D eigenvalue weighted by Crippen LogP contribution is 2.34. The number of hydrogen-bond acceptors (Lipinski definition) is 2. The van der Waals surface area contributed by atoms with E-state index in [9.17, 15) is 4.79 Å². The van der Waals surface area contributed by atoms with Crippen molar-refractivity contribution in [3.05, 3.63) is 47.0 Å². The molecule has 0 aliphatic carbocycles. The molecule has 1 aliphatic heterocycles. The van der Waals surface area contributed by atoms with Crippen LogP contribution in [0.2, 0.25) is 0 Å². The molecule has 3 heteroatoms. The maximum Gasteiger partial charge on any atom is 0.250 e. The molecule has 1 aromatic carbocycles. The van der Waals surface area contributed by atoms with Gasteiger partial charge in [0.05, 0.1) is 0 Å². The minimum absolute atomic E-state index is 0.217. The molecule has 0 spiro atoms. The fourth-order valence-electron chi connectivity index (χ4n) is 2.42. The Morgan fingerprint density at radius 1 is 1.20 bits per heavy atom. The molecule has 0 saturated carbocycles. The van der Waals surface area contributed by atoms with E-state index in [2.05, 4.69) is 38.1 Å². The quantitative estimate of drug-likeness (QED) is 0.781. The average molecular weight is 289 g/mol. The molecule has 0 radical (unpaired) electrons. The van der Waals surface area contributed by atoms with Gasteiger partial charge in [0.25, 0.3) is 5.91 Å². The Labute approximate surface area is 126 Å². The van der Waals surface area contributed by atoms with E-state index in [1.165, 1.54) is 11.1 Å². The lowest BCUT2D eigenvalue weighted by Crippen LogP contribution is -2.34. The fourth-order valence-corrected chi connectivity index (χ4v) is 3.77. The summed E-state index contributed by atoms with van der Waals surface area (Å²) < 4.78 is 0. The first-order valence-corrected chi connectivity index (χ1v) is 8.34. The van der Waals surface area contributed by atoms with Crippen molar-refractivity contribution in [2.75, 3.05) is 6.54 Å². The summed E-state index contributed by atoms with van der Waals surface area (Å²) >= 11 is 1.86. The molecule has 0 bridgehead atoms. The summed E-state index contributed by atoms with van der Waals surface area (Å²) in [7, 11) is 0. The van der Waals surface area contributed by atoms with Crippen LogP contribution in [0.4, 0.5) is 0 Å². The van der Waals surface area contributed by atoms with E-state index in [0.717, 1.165) is 30.7 Å². The monoisotopic (exact) mass is 289 g/mol. The first-order chi connectivity index (χ1) is 9.65. The zero-order valence-electron chi connectivity index (χ0n) is 12.6. The largest absolute Gasteiger partial charge is 0.323 e. The Bertz CT molecular complexity index is 495. The number of carbonyl (C=O) groups is 1. The van der Waals surface area contributed by atoms with E-state index < -0.39 is 0 Å². The predicted molar refractivity (Wildman–Crippen MR) is 86.5 cm³/mol. The van der Waals surface area contributed by atoms with Crippen LogP contribution in [0.1, 0.15) is 39.2 Å². The molecule has 0 aromatic heterocycles. The Hall–Kier alpha value is -1.22. The molecule has 108 valence electrons. The zero-order chi connectivity index (χ0) is 14.5. The Morgan fingerprint density at radius 2 is 1.90 bits per heavy atom. The van der Waals surface area contributed by atoms with Crippen molar-refractivity contribution in [1.82, 2.24) is 4.90 Å². The van der Waals surface area contributed by atoms with Gasteiger partial charge in [0.2, 0.25) is 0 Å². The molecule has 0 fully saturated rings. The molecule has 0 N–H and O–H groups in total. The van der Waals surface area contributed by atoms with Gasteiger partial charge < -0.3 is 4.90 Å². The first kappa shape index (κ1) is 15.2. The van der Waals surface area contributed by atoms with Crippen LogP contribution in [0, 0.1) is 0 Å². The highest BCUT2D eigenvalue weighted by atomic mass is 32.2. The Kier molecular flexibility index (Phi) is 5.30. The molecule has 2 rings (SSSR count). The highest BCUT2D eigenvalue weighted by Gasteiger charge is 2.34. The van der Waals surface area contributed by atoms with Crippen LogP contribution >= 0.6 is 11.8 Å². The third-order valence-electron chi connectivity index (χ3n) is 3.83. The molecule has 1 amide bonds. The second-order valence-electron chi connectivity index (χ2n) is 5.31. The molecule has 2 nitrogen and oxygen atoms in total. The topological polar surface area (TPSA) is 20.3 Å². The van der Waals surface area contributed by atoms with Gasteiger partial charge in [-0.3, -0.25) is 4.79 Å². The predicted octanol–water partition coefficient (Wildman–Crippen LogP) is 4.22. The van der Waals surface area contributed by atoms with Gasteiger partial charge in [-0.05, 0) is 31.4 Å². The third kappa shape index (κ3) is 3.26. The first-order valence-electron chi connectivity index (χ1n) is 7.29. The fraction of sp³-hybridized carbons (Fsp3) is 0.471. The van der Waals surface area contributed by atoms with E-state index in [-0.39, 0.29) is 11.3 Å². The number of amides is 1. The molecule has 1 heterocycles. The number of benzene rings is 1. The van der Waals surface area contributed by atoms with Crippen molar-refractivity contribution in [3.8, 4) is 0 Å².